The van der Waals surface area contributed by atoms with E-state index in [-0.39, 0.29) is 0 Å². The minimum absolute atomic E-state index is 0.583. The zero-order chi connectivity index (χ0) is 14.1. The Morgan fingerprint density at radius 1 is 1.15 bits per heavy atom. The van der Waals surface area contributed by atoms with Crippen molar-refractivity contribution in [3.05, 3.63) is 48.0 Å². The van der Waals surface area contributed by atoms with Gasteiger partial charge in [0.25, 0.3) is 0 Å². The maximum absolute atomic E-state index is 9.18. The number of fused-ring (bicyclic) bond motifs is 1. The second kappa shape index (κ2) is 4.71. The molecule has 0 saturated heterocycles. The number of benzene rings is 2. The van der Waals surface area contributed by atoms with Crippen molar-refractivity contribution in [2.24, 2.45) is 7.05 Å². The Morgan fingerprint density at radius 2 is 1.95 bits per heavy atom. The number of methoxy groups -OCH3 is 1. The van der Waals surface area contributed by atoms with E-state index in [1.54, 1.807) is 13.2 Å². The largest absolute Gasteiger partial charge is 0.496 e. The molecule has 0 aliphatic heterocycles. The molecule has 0 spiro atoms. The normalized spacial score (nSPS) is 10.4. The molecule has 1 aromatic heterocycles. The first-order valence-corrected chi connectivity index (χ1v) is 6.25. The van der Waals surface area contributed by atoms with Crippen LogP contribution in [0, 0.1) is 11.3 Å². The van der Waals surface area contributed by atoms with Crippen LogP contribution >= 0.6 is 0 Å². The fourth-order valence-corrected chi connectivity index (χ4v) is 2.37. The number of ether oxygens (including phenoxy) is 1. The first kappa shape index (κ1) is 12.2. The van der Waals surface area contributed by atoms with E-state index >= 15 is 0 Å². The molecule has 2 aromatic carbocycles. The van der Waals surface area contributed by atoms with Gasteiger partial charge < -0.3 is 9.30 Å². The second-order valence-corrected chi connectivity index (χ2v) is 4.48. The molecule has 3 aromatic rings. The molecule has 0 fully saturated rings. The zero-order valence-corrected chi connectivity index (χ0v) is 11.3. The number of nitriles is 1. The van der Waals surface area contributed by atoms with E-state index in [0.717, 1.165) is 28.2 Å². The van der Waals surface area contributed by atoms with Crippen molar-refractivity contribution < 1.29 is 4.74 Å². The lowest BCUT2D eigenvalue weighted by Crippen LogP contribution is -1.95. The smallest absolute Gasteiger partial charge is 0.144 e. The van der Waals surface area contributed by atoms with Crippen LogP contribution in [0.4, 0.5) is 0 Å². The van der Waals surface area contributed by atoms with Gasteiger partial charge >= 0.3 is 0 Å². The highest BCUT2D eigenvalue weighted by Gasteiger charge is 2.15. The quantitative estimate of drug-likeness (QED) is 0.713. The second-order valence-electron chi connectivity index (χ2n) is 4.48. The number of aryl methyl sites for hydroxylation is 1. The average molecular weight is 263 g/mol. The predicted octanol–water partition coefficient (Wildman–Crippen LogP) is 3.12. The van der Waals surface area contributed by atoms with Crippen LogP contribution in [0.15, 0.2) is 42.5 Å². The summed E-state index contributed by atoms with van der Waals surface area (Å²) in [7, 11) is 3.58. The van der Waals surface area contributed by atoms with Crippen LogP contribution < -0.4 is 4.74 Å². The maximum Gasteiger partial charge on any atom is 0.144 e. The van der Waals surface area contributed by atoms with Crippen LogP contribution in [0.3, 0.4) is 0 Å². The molecular formula is C16H13N3O. The SMILES string of the molecule is COc1ccccc1-c1nc2c(C#N)cccc2n1C. The van der Waals surface area contributed by atoms with Crippen molar-refractivity contribution in [2.45, 2.75) is 0 Å². The molecule has 1 heterocycles. The Balaban J connectivity index is 2.33. The van der Waals surface area contributed by atoms with Gasteiger partial charge in [0.2, 0.25) is 0 Å². The molecule has 4 heteroatoms. The summed E-state index contributed by atoms with van der Waals surface area (Å²) < 4.78 is 7.37. The topological polar surface area (TPSA) is 50.8 Å². The highest BCUT2D eigenvalue weighted by Crippen LogP contribution is 2.31. The standard InChI is InChI=1S/C16H13N3O/c1-19-13-8-5-6-11(10-17)15(13)18-16(19)12-7-3-4-9-14(12)20-2/h3-9H,1-2H3. The van der Waals surface area contributed by atoms with Gasteiger partial charge in [0.1, 0.15) is 23.2 Å². The summed E-state index contributed by atoms with van der Waals surface area (Å²) in [5.41, 5.74) is 3.15. The lowest BCUT2D eigenvalue weighted by atomic mass is 10.2. The average Bonchev–Trinajstić information content (AvgIpc) is 2.84. The number of hydrogen-bond acceptors (Lipinski definition) is 3. The molecule has 20 heavy (non-hydrogen) atoms. The third-order valence-corrected chi connectivity index (χ3v) is 3.38. The number of rotatable bonds is 2. The van der Waals surface area contributed by atoms with E-state index in [1.807, 2.05) is 48.0 Å². The van der Waals surface area contributed by atoms with Gasteiger partial charge in [-0.3, -0.25) is 0 Å². The van der Waals surface area contributed by atoms with E-state index in [9.17, 15) is 5.26 Å². The monoisotopic (exact) mass is 263 g/mol. The van der Waals surface area contributed by atoms with Gasteiger partial charge in [0.05, 0.1) is 23.8 Å². The fraction of sp³-hybridized carbons (Fsp3) is 0.125. The lowest BCUT2D eigenvalue weighted by Gasteiger charge is -2.07. The summed E-state index contributed by atoms with van der Waals surface area (Å²) in [6, 6.07) is 15.5. The van der Waals surface area contributed by atoms with E-state index in [1.165, 1.54) is 0 Å². The van der Waals surface area contributed by atoms with Crippen molar-refractivity contribution in [1.82, 2.24) is 9.55 Å². The molecule has 0 aliphatic carbocycles. The number of imidazole rings is 1. The van der Waals surface area contributed by atoms with Crippen LogP contribution in [-0.4, -0.2) is 16.7 Å². The third-order valence-electron chi connectivity index (χ3n) is 3.38. The minimum Gasteiger partial charge on any atom is -0.496 e. The Kier molecular flexibility index (Phi) is 2.88. The highest BCUT2D eigenvalue weighted by molar-refractivity contribution is 5.86. The molecule has 0 radical (unpaired) electrons. The van der Waals surface area contributed by atoms with Gasteiger partial charge in [-0.1, -0.05) is 18.2 Å². The number of aromatic nitrogens is 2. The predicted molar refractivity (Wildman–Crippen MR) is 77.4 cm³/mol. The van der Waals surface area contributed by atoms with Crippen molar-refractivity contribution in [1.29, 1.82) is 5.26 Å². The van der Waals surface area contributed by atoms with Gasteiger partial charge in [-0.15, -0.1) is 0 Å². The maximum atomic E-state index is 9.18. The first-order chi connectivity index (χ1) is 9.76. The Bertz CT molecular complexity index is 827. The molecule has 0 unspecified atom stereocenters. The van der Waals surface area contributed by atoms with Gasteiger partial charge in [0, 0.05) is 7.05 Å². The van der Waals surface area contributed by atoms with Crippen molar-refractivity contribution in [2.75, 3.05) is 7.11 Å². The van der Waals surface area contributed by atoms with E-state index in [2.05, 4.69) is 11.1 Å². The number of nitrogens with zero attached hydrogens (tertiary/aromatic N) is 3. The van der Waals surface area contributed by atoms with Crippen LogP contribution in [0.25, 0.3) is 22.4 Å². The highest BCUT2D eigenvalue weighted by atomic mass is 16.5. The number of hydrogen-bond donors (Lipinski definition) is 0. The van der Waals surface area contributed by atoms with Crippen molar-refractivity contribution >= 4 is 11.0 Å². The summed E-state index contributed by atoms with van der Waals surface area (Å²) in [6.45, 7) is 0. The lowest BCUT2D eigenvalue weighted by molar-refractivity contribution is 0.416. The van der Waals surface area contributed by atoms with Crippen LogP contribution in [0.2, 0.25) is 0 Å². The Morgan fingerprint density at radius 3 is 2.70 bits per heavy atom. The molecule has 0 aliphatic rings. The summed E-state index contributed by atoms with van der Waals surface area (Å²) in [4.78, 5) is 4.62. The van der Waals surface area contributed by atoms with E-state index < -0.39 is 0 Å². The fourth-order valence-electron chi connectivity index (χ4n) is 2.37. The molecular weight excluding hydrogens is 250 g/mol. The Labute approximate surface area is 116 Å². The van der Waals surface area contributed by atoms with E-state index in [4.69, 9.17) is 4.74 Å². The number of para-hydroxylation sites is 2. The van der Waals surface area contributed by atoms with Crippen molar-refractivity contribution in [3.8, 4) is 23.2 Å². The van der Waals surface area contributed by atoms with Gasteiger partial charge in [-0.25, -0.2) is 4.98 Å². The minimum atomic E-state index is 0.583. The molecule has 0 saturated carbocycles. The molecule has 0 atom stereocenters. The van der Waals surface area contributed by atoms with Crippen LogP contribution in [0.5, 0.6) is 5.75 Å². The van der Waals surface area contributed by atoms with Crippen molar-refractivity contribution in [3.63, 3.8) is 0 Å². The molecule has 0 amide bonds. The molecule has 98 valence electrons. The van der Waals surface area contributed by atoms with E-state index in [0.29, 0.717) is 5.56 Å². The van der Waals surface area contributed by atoms with Gasteiger partial charge in [-0.05, 0) is 24.3 Å². The first-order valence-electron chi connectivity index (χ1n) is 6.25. The zero-order valence-electron chi connectivity index (χ0n) is 11.3. The summed E-state index contributed by atoms with van der Waals surface area (Å²) >= 11 is 0. The summed E-state index contributed by atoms with van der Waals surface area (Å²) in [6.07, 6.45) is 0. The molecule has 0 N–H and O–H groups in total. The molecule has 4 nitrogen and oxygen atoms in total. The van der Waals surface area contributed by atoms with Gasteiger partial charge in [0.15, 0.2) is 0 Å². The summed E-state index contributed by atoms with van der Waals surface area (Å²) in [5, 5.41) is 9.18. The van der Waals surface area contributed by atoms with Gasteiger partial charge in [-0.2, -0.15) is 5.26 Å². The van der Waals surface area contributed by atoms with Crippen LogP contribution in [-0.2, 0) is 7.05 Å². The summed E-state index contributed by atoms with van der Waals surface area (Å²) in [5.74, 6) is 1.56. The molecule has 3 rings (SSSR count). The third kappa shape index (κ3) is 1.72. The Hall–Kier alpha value is -2.80. The van der Waals surface area contributed by atoms with Crippen LogP contribution in [0.1, 0.15) is 5.56 Å². The molecule has 0 bridgehead atoms.